The Labute approximate surface area is 188 Å². The summed E-state index contributed by atoms with van der Waals surface area (Å²) in [6, 6.07) is 2.00. The van der Waals surface area contributed by atoms with Gasteiger partial charge in [0, 0.05) is 42.9 Å². The topological polar surface area (TPSA) is 101 Å². The zero-order valence-electron chi connectivity index (χ0n) is 18.7. The second-order valence-corrected chi connectivity index (χ2v) is 11.4. The highest BCUT2D eigenvalue weighted by Crippen LogP contribution is 2.40. The molecule has 1 saturated heterocycles. The van der Waals surface area contributed by atoms with E-state index in [1.54, 1.807) is 23.8 Å². The van der Waals surface area contributed by atoms with Crippen molar-refractivity contribution in [3.8, 4) is 0 Å². The second kappa shape index (κ2) is 8.68. The number of aromatic amines is 1. The Hall–Kier alpha value is -2.10. The van der Waals surface area contributed by atoms with Crippen LogP contribution in [-0.4, -0.2) is 65.2 Å². The molecule has 8 nitrogen and oxygen atoms in total. The molecule has 32 heavy (non-hydrogen) atoms. The van der Waals surface area contributed by atoms with Gasteiger partial charge in [-0.2, -0.15) is 0 Å². The Bertz CT molecular complexity index is 1220. The fourth-order valence-electron chi connectivity index (χ4n) is 5.53. The van der Waals surface area contributed by atoms with Crippen LogP contribution in [0.25, 0.3) is 21.9 Å². The van der Waals surface area contributed by atoms with E-state index in [4.69, 9.17) is 4.74 Å². The van der Waals surface area contributed by atoms with Gasteiger partial charge in [-0.15, -0.1) is 0 Å². The number of aromatic nitrogens is 4. The lowest BCUT2D eigenvalue weighted by Crippen LogP contribution is -2.35. The van der Waals surface area contributed by atoms with E-state index in [0.717, 1.165) is 59.9 Å². The van der Waals surface area contributed by atoms with Crippen LogP contribution in [0.1, 0.15) is 49.5 Å². The van der Waals surface area contributed by atoms with Gasteiger partial charge in [0.15, 0.2) is 5.65 Å². The summed E-state index contributed by atoms with van der Waals surface area (Å²) >= 11 is 0. The standard InChI is InChI=1S/C23H31N5O3S/c1-15-26-20-11-25-23-19(7-9-24-23)21(20)22(27-15)18-5-3-16(4-6-18)14-32(29,30)28-10-8-17(12-28)13-31-2/h7,9,11,16-18H,3-6,8,10,12-14H2,1-2H3,(H,26,27). The maximum Gasteiger partial charge on any atom is 0.214 e. The Morgan fingerprint density at radius 3 is 2.75 bits per heavy atom. The van der Waals surface area contributed by atoms with Crippen LogP contribution in [0.5, 0.6) is 0 Å². The lowest BCUT2D eigenvalue weighted by Gasteiger charge is -2.30. The van der Waals surface area contributed by atoms with Crippen molar-refractivity contribution >= 4 is 32.0 Å². The van der Waals surface area contributed by atoms with Crippen LogP contribution in [0.3, 0.4) is 0 Å². The quantitative estimate of drug-likeness (QED) is 0.609. The number of nitrogens with zero attached hydrogens (tertiary/aromatic N) is 4. The van der Waals surface area contributed by atoms with Crippen molar-refractivity contribution in [1.29, 1.82) is 0 Å². The molecule has 0 bridgehead atoms. The first-order chi connectivity index (χ1) is 15.4. The Balaban J connectivity index is 1.30. The van der Waals surface area contributed by atoms with Crippen LogP contribution in [-0.2, 0) is 14.8 Å². The SMILES string of the molecule is COCC1CCN(S(=O)(=O)CC2CCC(c3[nH]c(C)nc4cnc5nccc5c34)CC2)C1. The number of rotatable bonds is 6. The lowest BCUT2D eigenvalue weighted by molar-refractivity contribution is 0.157. The summed E-state index contributed by atoms with van der Waals surface area (Å²) in [6.07, 6.45) is 8.27. The minimum Gasteiger partial charge on any atom is -0.384 e. The smallest absolute Gasteiger partial charge is 0.214 e. The molecule has 172 valence electrons. The molecule has 0 spiro atoms. The van der Waals surface area contributed by atoms with E-state index in [2.05, 4.69) is 19.9 Å². The van der Waals surface area contributed by atoms with Gasteiger partial charge < -0.3 is 9.72 Å². The zero-order chi connectivity index (χ0) is 22.3. The molecule has 1 atom stereocenters. The average molecular weight is 458 g/mol. The van der Waals surface area contributed by atoms with Gasteiger partial charge in [0.1, 0.15) is 5.82 Å². The highest BCUT2D eigenvalue weighted by Gasteiger charge is 2.34. The van der Waals surface area contributed by atoms with Gasteiger partial charge in [0.25, 0.3) is 0 Å². The molecule has 2 aliphatic rings. The molecule has 0 radical (unpaired) electrons. The highest BCUT2D eigenvalue weighted by molar-refractivity contribution is 7.89. The molecule has 1 saturated carbocycles. The molecule has 4 heterocycles. The van der Waals surface area contributed by atoms with Crippen LogP contribution in [0.4, 0.5) is 0 Å². The molecule has 1 aliphatic carbocycles. The van der Waals surface area contributed by atoms with Gasteiger partial charge in [0.05, 0.1) is 24.1 Å². The largest absolute Gasteiger partial charge is 0.384 e. The maximum atomic E-state index is 13.0. The van der Waals surface area contributed by atoms with E-state index >= 15 is 0 Å². The Kier molecular flexibility index (Phi) is 5.90. The summed E-state index contributed by atoms with van der Waals surface area (Å²) in [6.45, 7) is 3.83. The molecule has 1 N–H and O–H groups in total. The Morgan fingerprint density at radius 1 is 1.16 bits per heavy atom. The van der Waals surface area contributed by atoms with Crippen molar-refractivity contribution in [2.75, 3.05) is 32.6 Å². The number of aryl methyl sites for hydroxylation is 1. The number of fused-ring (bicyclic) bond motifs is 3. The predicted octanol–water partition coefficient (Wildman–Crippen LogP) is 3.39. The van der Waals surface area contributed by atoms with Crippen LogP contribution >= 0.6 is 0 Å². The number of nitrogens with one attached hydrogen (secondary N) is 1. The summed E-state index contributed by atoms with van der Waals surface area (Å²) in [5, 5.41) is 2.14. The molecule has 0 amide bonds. The van der Waals surface area contributed by atoms with Crippen molar-refractivity contribution in [2.45, 2.75) is 44.9 Å². The normalized spacial score (nSPS) is 25.1. The molecule has 0 aromatic carbocycles. The van der Waals surface area contributed by atoms with Crippen LogP contribution in [0.15, 0.2) is 18.5 Å². The third-order valence-electron chi connectivity index (χ3n) is 7.13. The Morgan fingerprint density at radius 2 is 1.97 bits per heavy atom. The molecule has 1 aliphatic heterocycles. The van der Waals surface area contributed by atoms with Gasteiger partial charge in [-0.1, -0.05) is 0 Å². The molecule has 5 rings (SSSR count). The van der Waals surface area contributed by atoms with Crippen LogP contribution in [0, 0.1) is 18.8 Å². The third kappa shape index (κ3) is 4.13. The van der Waals surface area contributed by atoms with E-state index in [-0.39, 0.29) is 11.7 Å². The molecule has 1 unspecified atom stereocenters. The summed E-state index contributed by atoms with van der Waals surface area (Å²) in [7, 11) is -1.54. The first-order valence-electron chi connectivity index (χ1n) is 11.5. The molecular weight excluding hydrogens is 426 g/mol. The number of sulfonamides is 1. The summed E-state index contributed by atoms with van der Waals surface area (Å²) < 4.78 is 32.9. The van der Waals surface area contributed by atoms with E-state index in [0.29, 0.717) is 31.5 Å². The number of hydrogen-bond acceptors (Lipinski definition) is 6. The summed E-state index contributed by atoms with van der Waals surface area (Å²) in [5.41, 5.74) is 2.83. The van der Waals surface area contributed by atoms with Gasteiger partial charge in [-0.05, 0) is 62.8 Å². The molecule has 3 aromatic rings. The number of ether oxygens (including phenoxy) is 1. The van der Waals surface area contributed by atoms with Crippen LogP contribution < -0.4 is 0 Å². The number of hydrogen-bond donors (Lipinski definition) is 1. The van der Waals surface area contributed by atoms with Crippen LogP contribution in [0.2, 0.25) is 0 Å². The van der Waals surface area contributed by atoms with E-state index in [9.17, 15) is 8.42 Å². The molecular formula is C23H31N5O3S. The summed E-state index contributed by atoms with van der Waals surface area (Å²) in [5.74, 6) is 2.03. The van der Waals surface area contributed by atoms with Gasteiger partial charge in [-0.25, -0.2) is 27.7 Å². The first kappa shape index (κ1) is 21.7. The number of H-pyrrole nitrogens is 1. The van der Waals surface area contributed by atoms with Crippen molar-refractivity contribution in [3.63, 3.8) is 0 Å². The van der Waals surface area contributed by atoms with Crippen molar-refractivity contribution in [1.82, 2.24) is 24.2 Å². The first-order valence-corrected chi connectivity index (χ1v) is 13.1. The third-order valence-corrected chi connectivity index (χ3v) is 9.14. The van der Waals surface area contributed by atoms with E-state index in [1.165, 1.54) is 5.69 Å². The maximum absolute atomic E-state index is 13.0. The molecule has 9 heteroatoms. The van der Waals surface area contributed by atoms with Crippen molar-refractivity contribution in [3.05, 3.63) is 30.0 Å². The minimum absolute atomic E-state index is 0.217. The highest BCUT2D eigenvalue weighted by atomic mass is 32.2. The lowest BCUT2D eigenvalue weighted by atomic mass is 9.80. The molecule has 2 fully saturated rings. The second-order valence-electron chi connectivity index (χ2n) is 9.40. The van der Waals surface area contributed by atoms with Gasteiger partial charge >= 0.3 is 0 Å². The summed E-state index contributed by atoms with van der Waals surface area (Å²) in [4.78, 5) is 17.0. The fourth-order valence-corrected chi connectivity index (χ4v) is 7.49. The number of pyridine rings is 1. The van der Waals surface area contributed by atoms with Crippen molar-refractivity contribution in [2.24, 2.45) is 11.8 Å². The molecule has 3 aromatic heterocycles. The average Bonchev–Trinajstić information content (AvgIpc) is 3.43. The van der Waals surface area contributed by atoms with E-state index < -0.39 is 10.0 Å². The minimum atomic E-state index is -3.21. The zero-order valence-corrected chi connectivity index (χ0v) is 19.6. The van der Waals surface area contributed by atoms with E-state index in [1.807, 2.05) is 13.0 Å². The monoisotopic (exact) mass is 457 g/mol. The fraction of sp³-hybridized carbons (Fsp3) is 0.609. The predicted molar refractivity (Wildman–Crippen MR) is 124 cm³/mol. The van der Waals surface area contributed by atoms with Crippen molar-refractivity contribution < 1.29 is 13.2 Å². The number of methoxy groups -OCH3 is 1. The van der Waals surface area contributed by atoms with Gasteiger partial charge in [0.2, 0.25) is 10.0 Å². The van der Waals surface area contributed by atoms with Gasteiger partial charge in [-0.3, -0.25) is 0 Å².